The van der Waals surface area contributed by atoms with Crippen LogP contribution in [0.25, 0.3) is 0 Å². The lowest BCUT2D eigenvalue weighted by Gasteiger charge is -2.26. The van der Waals surface area contributed by atoms with Gasteiger partial charge in [0.1, 0.15) is 11.9 Å². The zero-order valence-electron chi connectivity index (χ0n) is 16.3. The van der Waals surface area contributed by atoms with Crippen LogP contribution in [0, 0.1) is 5.92 Å². The Labute approximate surface area is 165 Å². The van der Waals surface area contributed by atoms with Gasteiger partial charge in [0.25, 0.3) is 0 Å². The van der Waals surface area contributed by atoms with E-state index in [1.165, 1.54) is 6.92 Å². The quantitative estimate of drug-likeness (QED) is 0.567. The van der Waals surface area contributed by atoms with Gasteiger partial charge in [-0.1, -0.05) is 43.3 Å². The zero-order valence-corrected chi connectivity index (χ0v) is 16.3. The summed E-state index contributed by atoms with van der Waals surface area (Å²) in [5, 5.41) is 0. The van der Waals surface area contributed by atoms with Crippen LogP contribution in [0.3, 0.4) is 0 Å². The third-order valence-corrected chi connectivity index (χ3v) is 4.54. The lowest BCUT2D eigenvalue weighted by molar-refractivity contribution is -0.118. The van der Waals surface area contributed by atoms with Crippen LogP contribution in [0.1, 0.15) is 53.8 Å². The Hall–Kier alpha value is -2.95. The molecular weight excluding hydrogens is 356 g/mol. The van der Waals surface area contributed by atoms with E-state index < -0.39 is 18.0 Å². The van der Waals surface area contributed by atoms with Crippen molar-refractivity contribution in [2.45, 2.75) is 39.2 Å². The van der Waals surface area contributed by atoms with E-state index in [2.05, 4.69) is 0 Å². The van der Waals surface area contributed by atoms with Crippen LogP contribution in [-0.2, 0) is 14.3 Å². The van der Waals surface area contributed by atoms with E-state index in [-0.39, 0.29) is 18.3 Å². The molecule has 2 rings (SSSR count). The Kier molecular flexibility index (Phi) is 8.40. The minimum absolute atomic E-state index is 0.0249. The predicted octanol–water partition coefficient (Wildman–Crippen LogP) is 4.46. The van der Waals surface area contributed by atoms with E-state index in [0.717, 1.165) is 0 Å². The highest BCUT2D eigenvalue weighted by Crippen LogP contribution is 2.21. The van der Waals surface area contributed by atoms with Crippen LogP contribution in [0.15, 0.2) is 60.7 Å². The number of esters is 2. The number of rotatable bonds is 10. The zero-order chi connectivity index (χ0) is 20.4. The maximum Gasteiger partial charge on any atom is 0.338 e. The molecule has 0 radical (unpaired) electrons. The van der Waals surface area contributed by atoms with Gasteiger partial charge in [0.05, 0.1) is 17.7 Å². The van der Waals surface area contributed by atoms with E-state index in [0.29, 0.717) is 30.4 Å². The maximum atomic E-state index is 12.5. The molecule has 0 N–H and O–H groups in total. The first-order chi connectivity index (χ1) is 13.5. The Morgan fingerprint density at radius 2 is 1.39 bits per heavy atom. The molecule has 148 valence electrons. The molecule has 2 atom stereocenters. The molecule has 0 aliphatic rings. The highest BCUT2D eigenvalue weighted by Gasteiger charge is 2.26. The fourth-order valence-corrected chi connectivity index (χ4v) is 2.84. The van der Waals surface area contributed by atoms with Gasteiger partial charge in [0.15, 0.2) is 0 Å². The summed E-state index contributed by atoms with van der Waals surface area (Å²) < 4.78 is 11.1. The smallest absolute Gasteiger partial charge is 0.338 e. The molecular formula is C23H26O5. The fourth-order valence-electron chi connectivity index (χ4n) is 2.84. The molecule has 0 spiro atoms. The summed E-state index contributed by atoms with van der Waals surface area (Å²) in [5.41, 5.74) is 0.922. The molecule has 0 aliphatic heterocycles. The number of ketones is 1. The highest BCUT2D eigenvalue weighted by molar-refractivity contribution is 5.90. The van der Waals surface area contributed by atoms with Crippen LogP contribution in [0.4, 0.5) is 0 Å². The Morgan fingerprint density at radius 3 is 1.89 bits per heavy atom. The third kappa shape index (κ3) is 6.65. The molecule has 2 aromatic rings. The monoisotopic (exact) mass is 382 g/mol. The van der Waals surface area contributed by atoms with E-state index in [1.54, 1.807) is 48.5 Å². The van der Waals surface area contributed by atoms with Gasteiger partial charge in [0, 0.05) is 12.3 Å². The summed E-state index contributed by atoms with van der Waals surface area (Å²) >= 11 is 0. The van der Waals surface area contributed by atoms with E-state index in [1.807, 2.05) is 19.1 Å². The van der Waals surface area contributed by atoms with Crippen LogP contribution in [-0.4, -0.2) is 30.4 Å². The van der Waals surface area contributed by atoms with Gasteiger partial charge >= 0.3 is 11.9 Å². The molecule has 0 aliphatic carbocycles. The number of carbonyl (C=O) groups is 3. The number of ether oxygens (including phenoxy) is 2. The summed E-state index contributed by atoms with van der Waals surface area (Å²) in [6, 6.07) is 17.4. The normalized spacial score (nSPS) is 12.6. The lowest BCUT2D eigenvalue weighted by Crippen LogP contribution is -2.31. The Morgan fingerprint density at radius 1 is 0.857 bits per heavy atom. The number of hydrogen-bond acceptors (Lipinski definition) is 5. The molecule has 2 aromatic carbocycles. The summed E-state index contributed by atoms with van der Waals surface area (Å²) in [6.07, 6.45) is 0.836. The molecule has 5 heteroatoms. The van der Waals surface area contributed by atoms with Crippen molar-refractivity contribution in [2.24, 2.45) is 5.92 Å². The van der Waals surface area contributed by atoms with Gasteiger partial charge in [-0.3, -0.25) is 0 Å². The molecule has 0 saturated heterocycles. The van der Waals surface area contributed by atoms with Crippen molar-refractivity contribution in [3.05, 3.63) is 71.8 Å². The Balaban J connectivity index is 2.04. The first kappa shape index (κ1) is 21.4. The largest absolute Gasteiger partial charge is 0.462 e. The van der Waals surface area contributed by atoms with Crippen molar-refractivity contribution >= 4 is 17.7 Å². The van der Waals surface area contributed by atoms with E-state index in [4.69, 9.17) is 9.47 Å². The Bertz CT molecular complexity index is 770. The lowest BCUT2D eigenvalue weighted by atomic mass is 9.95. The predicted molar refractivity (Wildman–Crippen MR) is 106 cm³/mol. The van der Waals surface area contributed by atoms with Gasteiger partial charge in [-0.05, 0) is 44.0 Å². The molecule has 5 nitrogen and oxygen atoms in total. The molecule has 0 saturated carbocycles. The number of hydrogen-bond donors (Lipinski definition) is 0. The minimum Gasteiger partial charge on any atom is -0.462 e. The summed E-state index contributed by atoms with van der Waals surface area (Å²) in [6.45, 7) is 3.57. The summed E-state index contributed by atoms with van der Waals surface area (Å²) in [4.78, 5) is 36.1. The fraction of sp³-hybridized carbons (Fsp3) is 0.348. The summed E-state index contributed by atoms with van der Waals surface area (Å²) in [7, 11) is 0. The first-order valence-electron chi connectivity index (χ1n) is 9.49. The third-order valence-electron chi connectivity index (χ3n) is 4.54. The average molecular weight is 382 g/mol. The second-order valence-electron chi connectivity index (χ2n) is 6.68. The molecule has 0 fully saturated rings. The van der Waals surface area contributed by atoms with Gasteiger partial charge in [-0.2, -0.15) is 0 Å². The van der Waals surface area contributed by atoms with Crippen LogP contribution < -0.4 is 0 Å². The van der Waals surface area contributed by atoms with Gasteiger partial charge in [-0.25, -0.2) is 9.59 Å². The average Bonchev–Trinajstić information content (AvgIpc) is 2.73. The van der Waals surface area contributed by atoms with Crippen molar-refractivity contribution in [1.29, 1.82) is 0 Å². The molecule has 0 bridgehead atoms. The summed E-state index contributed by atoms with van der Waals surface area (Å²) in [5.74, 6) is -1.03. The minimum atomic E-state index is -0.509. The van der Waals surface area contributed by atoms with Crippen molar-refractivity contribution < 1.29 is 23.9 Å². The van der Waals surface area contributed by atoms with Gasteiger partial charge in [-0.15, -0.1) is 0 Å². The van der Waals surface area contributed by atoms with Crippen molar-refractivity contribution in [1.82, 2.24) is 0 Å². The van der Waals surface area contributed by atoms with Crippen LogP contribution in [0.2, 0.25) is 0 Å². The standard InChI is InChI=1S/C23H26O5/c1-3-18(16-27-22(25)19-10-6-4-7-11-19)21(15-14-17(2)24)28-23(26)20-12-8-5-9-13-20/h4-13,18,21H,3,14-16H2,1-2H3/t18-,21+/m0/s1. The number of carbonyl (C=O) groups excluding carboxylic acids is 3. The number of Topliss-reactive ketones (excluding diaryl/α,β-unsaturated/α-hetero) is 1. The van der Waals surface area contributed by atoms with E-state index >= 15 is 0 Å². The van der Waals surface area contributed by atoms with Crippen molar-refractivity contribution in [2.75, 3.05) is 6.61 Å². The molecule has 0 unspecified atom stereocenters. The van der Waals surface area contributed by atoms with Crippen molar-refractivity contribution in [3.63, 3.8) is 0 Å². The van der Waals surface area contributed by atoms with Gasteiger partial charge in [0.2, 0.25) is 0 Å². The maximum absolute atomic E-state index is 12.5. The molecule has 28 heavy (non-hydrogen) atoms. The second kappa shape index (κ2) is 11.0. The number of benzene rings is 2. The second-order valence-corrected chi connectivity index (χ2v) is 6.68. The highest BCUT2D eigenvalue weighted by atomic mass is 16.6. The topological polar surface area (TPSA) is 69.7 Å². The van der Waals surface area contributed by atoms with E-state index in [9.17, 15) is 14.4 Å². The molecule has 0 heterocycles. The SMILES string of the molecule is CC[C@@H](COC(=O)c1ccccc1)[C@@H](CCC(C)=O)OC(=O)c1ccccc1. The van der Waals surface area contributed by atoms with Crippen LogP contribution in [0.5, 0.6) is 0 Å². The van der Waals surface area contributed by atoms with Crippen LogP contribution >= 0.6 is 0 Å². The molecule has 0 aromatic heterocycles. The first-order valence-corrected chi connectivity index (χ1v) is 9.49. The van der Waals surface area contributed by atoms with Gasteiger partial charge < -0.3 is 14.3 Å². The molecule has 0 amide bonds. The van der Waals surface area contributed by atoms with Crippen molar-refractivity contribution in [3.8, 4) is 0 Å².